The molecule has 2 fully saturated rings. The maximum Gasteiger partial charge on any atom is 0.320 e. The van der Waals surface area contributed by atoms with Gasteiger partial charge in [-0.3, -0.25) is 4.79 Å². The van der Waals surface area contributed by atoms with E-state index in [9.17, 15) is 13.6 Å². The van der Waals surface area contributed by atoms with Crippen LogP contribution in [0.25, 0.3) is 0 Å². The lowest BCUT2D eigenvalue weighted by Crippen LogP contribution is -2.47. The zero-order valence-electron chi connectivity index (χ0n) is 11.3. The van der Waals surface area contributed by atoms with Crippen LogP contribution < -0.4 is 0 Å². The number of fused-ring (bicyclic) bond motifs is 2. The van der Waals surface area contributed by atoms with E-state index in [4.69, 9.17) is 9.84 Å². The molecular weight excluding hydrogens is 256 g/mol. The van der Waals surface area contributed by atoms with Crippen LogP contribution in [-0.4, -0.2) is 54.2 Å². The number of piperidine rings is 1. The number of rotatable bonds is 4. The maximum absolute atomic E-state index is 12.8. The molecule has 0 saturated carbocycles. The van der Waals surface area contributed by atoms with Gasteiger partial charge in [-0.25, -0.2) is 8.78 Å². The van der Waals surface area contributed by atoms with Crippen molar-refractivity contribution in [3.63, 3.8) is 0 Å². The molecule has 6 heteroatoms. The van der Waals surface area contributed by atoms with Crippen molar-refractivity contribution in [3.05, 3.63) is 0 Å². The number of halogens is 2. The summed E-state index contributed by atoms with van der Waals surface area (Å²) in [5, 5.41) is 9.02. The number of ether oxygens (including phenoxy) is 1. The third-order valence-electron chi connectivity index (χ3n) is 4.61. The van der Waals surface area contributed by atoms with Gasteiger partial charge in [0.05, 0.1) is 6.61 Å². The third kappa shape index (κ3) is 2.60. The number of nitrogens with zero attached hydrogens (tertiary/aromatic N) is 1. The molecule has 2 saturated heterocycles. The van der Waals surface area contributed by atoms with E-state index in [1.54, 1.807) is 0 Å². The van der Waals surface area contributed by atoms with Crippen molar-refractivity contribution in [3.8, 4) is 0 Å². The Bertz CT molecular complexity index is 339. The summed E-state index contributed by atoms with van der Waals surface area (Å²) in [6, 6.07) is 0.756. The van der Waals surface area contributed by atoms with Crippen LogP contribution in [0.2, 0.25) is 0 Å². The van der Waals surface area contributed by atoms with Gasteiger partial charge in [0.2, 0.25) is 0 Å². The lowest BCUT2D eigenvalue weighted by Gasteiger charge is -2.37. The Balaban J connectivity index is 1.97. The first-order valence-electron chi connectivity index (χ1n) is 6.70. The average Bonchev–Trinajstić information content (AvgIpc) is 2.60. The Morgan fingerprint density at radius 1 is 1.42 bits per heavy atom. The van der Waals surface area contributed by atoms with Crippen molar-refractivity contribution in [2.75, 3.05) is 13.7 Å². The molecule has 0 aromatic heterocycles. The fraction of sp³-hybridized carbons (Fsp3) is 0.923. The summed E-state index contributed by atoms with van der Waals surface area (Å²) in [7, 11) is 2.05. The van der Waals surface area contributed by atoms with E-state index in [0.717, 1.165) is 19.8 Å². The lowest BCUT2D eigenvalue weighted by molar-refractivity contribution is -0.177. The topological polar surface area (TPSA) is 49.8 Å². The first-order chi connectivity index (χ1) is 8.88. The Labute approximate surface area is 111 Å². The van der Waals surface area contributed by atoms with Crippen LogP contribution in [0.1, 0.15) is 32.6 Å². The summed E-state index contributed by atoms with van der Waals surface area (Å²) in [5.74, 6) is -0.987. The molecule has 2 bridgehead atoms. The van der Waals surface area contributed by atoms with E-state index in [0.29, 0.717) is 24.9 Å². The van der Waals surface area contributed by atoms with Gasteiger partial charge < -0.3 is 14.7 Å². The summed E-state index contributed by atoms with van der Waals surface area (Å²) in [4.78, 5) is 14.1. The molecule has 110 valence electrons. The van der Waals surface area contributed by atoms with Crippen LogP contribution >= 0.6 is 0 Å². The van der Waals surface area contributed by atoms with Crippen LogP contribution in [-0.2, 0) is 9.53 Å². The van der Waals surface area contributed by atoms with Crippen molar-refractivity contribution in [2.24, 2.45) is 5.41 Å². The largest absolute Gasteiger partial charge is 0.462 e. The van der Waals surface area contributed by atoms with E-state index < -0.39 is 24.4 Å². The number of carbonyl (C=O) groups excluding carboxylic acids is 1. The van der Waals surface area contributed by atoms with Crippen LogP contribution in [0.15, 0.2) is 0 Å². The molecule has 2 aliphatic rings. The molecule has 0 radical (unpaired) electrons. The van der Waals surface area contributed by atoms with Gasteiger partial charge in [-0.2, -0.15) is 0 Å². The summed E-state index contributed by atoms with van der Waals surface area (Å²) >= 11 is 0. The molecule has 3 atom stereocenters. The molecule has 0 amide bonds. The predicted octanol–water partition coefficient (Wildman–Crippen LogP) is 1.42. The Kier molecular flexibility index (Phi) is 4.11. The Morgan fingerprint density at radius 2 is 1.95 bits per heavy atom. The Morgan fingerprint density at radius 3 is 2.37 bits per heavy atom. The molecule has 4 nitrogen and oxygen atoms in total. The number of alkyl halides is 2. The SMILES string of the molecule is CN1C2CCC1CC(OC(=O)C(C)(CO)C(F)F)C2. The second kappa shape index (κ2) is 5.32. The molecule has 0 spiro atoms. The number of carbonyl (C=O) groups is 1. The molecule has 0 aromatic rings. The second-order valence-corrected chi connectivity index (χ2v) is 5.93. The molecule has 19 heavy (non-hydrogen) atoms. The minimum Gasteiger partial charge on any atom is -0.462 e. The molecular formula is C13H21F2NO3. The quantitative estimate of drug-likeness (QED) is 0.790. The monoisotopic (exact) mass is 277 g/mol. The van der Waals surface area contributed by atoms with Gasteiger partial charge in [0.1, 0.15) is 11.5 Å². The highest BCUT2D eigenvalue weighted by atomic mass is 19.3. The van der Waals surface area contributed by atoms with Crippen LogP contribution in [0.4, 0.5) is 8.78 Å². The zero-order chi connectivity index (χ0) is 14.2. The first kappa shape index (κ1) is 14.7. The number of hydrogen-bond acceptors (Lipinski definition) is 4. The number of esters is 1. The minimum atomic E-state index is -2.92. The Hall–Kier alpha value is -0.750. The van der Waals surface area contributed by atoms with Gasteiger partial charge in [-0.1, -0.05) is 0 Å². The van der Waals surface area contributed by atoms with E-state index in [2.05, 4.69) is 11.9 Å². The van der Waals surface area contributed by atoms with Crippen molar-refractivity contribution in [2.45, 2.75) is 57.2 Å². The van der Waals surface area contributed by atoms with E-state index >= 15 is 0 Å². The van der Waals surface area contributed by atoms with Crippen molar-refractivity contribution in [1.29, 1.82) is 0 Å². The van der Waals surface area contributed by atoms with Gasteiger partial charge in [-0.15, -0.1) is 0 Å². The van der Waals surface area contributed by atoms with Crippen LogP contribution in [0, 0.1) is 5.41 Å². The normalized spacial score (nSPS) is 34.3. The lowest BCUT2D eigenvalue weighted by atomic mass is 9.92. The number of aliphatic hydroxyl groups excluding tert-OH is 1. The predicted molar refractivity (Wildman–Crippen MR) is 64.9 cm³/mol. The molecule has 3 unspecified atom stereocenters. The average molecular weight is 277 g/mol. The fourth-order valence-electron chi connectivity index (χ4n) is 2.97. The highest BCUT2D eigenvalue weighted by Gasteiger charge is 2.46. The zero-order valence-corrected chi connectivity index (χ0v) is 11.3. The van der Waals surface area contributed by atoms with E-state index in [1.807, 2.05) is 0 Å². The smallest absolute Gasteiger partial charge is 0.320 e. The standard InChI is InChI=1S/C13H21F2NO3/c1-13(7-17,11(14)15)12(18)19-10-5-8-3-4-9(6-10)16(8)2/h8-11,17H,3-7H2,1-2H3. The van der Waals surface area contributed by atoms with E-state index in [1.165, 1.54) is 0 Å². The van der Waals surface area contributed by atoms with Crippen LogP contribution in [0.3, 0.4) is 0 Å². The molecule has 2 rings (SSSR count). The van der Waals surface area contributed by atoms with Crippen molar-refractivity contribution < 1.29 is 23.4 Å². The summed E-state index contributed by atoms with van der Waals surface area (Å²) in [5.41, 5.74) is -2.11. The highest BCUT2D eigenvalue weighted by molar-refractivity contribution is 5.77. The molecule has 2 aliphatic heterocycles. The maximum atomic E-state index is 12.8. The van der Waals surface area contributed by atoms with Crippen LogP contribution in [0.5, 0.6) is 0 Å². The van der Waals surface area contributed by atoms with Crippen molar-refractivity contribution >= 4 is 5.97 Å². The summed E-state index contributed by atoms with van der Waals surface area (Å²) in [6.07, 6.45) is 0.314. The van der Waals surface area contributed by atoms with Gasteiger partial charge in [-0.05, 0) is 39.7 Å². The number of aliphatic hydroxyl groups is 1. The van der Waals surface area contributed by atoms with Crippen molar-refractivity contribution in [1.82, 2.24) is 4.90 Å². The number of hydrogen-bond donors (Lipinski definition) is 1. The van der Waals surface area contributed by atoms with Gasteiger partial charge in [0.15, 0.2) is 0 Å². The molecule has 1 N–H and O–H groups in total. The molecule has 2 heterocycles. The highest BCUT2D eigenvalue weighted by Crippen LogP contribution is 2.37. The summed E-state index contributed by atoms with van der Waals surface area (Å²) < 4.78 is 30.9. The van der Waals surface area contributed by atoms with Gasteiger partial charge in [0, 0.05) is 12.1 Å². The molecule has 0 aromatic carbocycles. The first-order valence-corrected chi connectivity index (χ1v) is 6.70. The van der Waals surface area contributed by atoms with Gasteiger partial charge in [0.25, 0.3) is 6.43 Å². The fourth-order valence-corrected chi connectivity index (χ4v) is 2.97. The van der Waals surface area contributed by atoms with E-state index in [-0.39, 0.29) is 6.10 Å². The molecule has 0 aliphatic carbocycles. The summed E-state index contributed by atoms with van der Waals surface area (Å²) in [6.45, 7) is 0.145. The minimum absolute atomic E-state index is 0.300. The third-order valence-corrected chi connectivity index (χ3v) is 4.61. The second-order valence-electron chi connectivity index (χ2n) is 5.93. The van der Waals surface area contributed by atoms with Gasteiger partial charge >= 0.3 is 5.97 Å².